The predicted molar refractivity (Wildman–Crippen MR) is 82.3 cm³/mol. The molecule has 0 spiro atoms. The van der Waals surface area contributed by atoms with Gasteiger partial charge in [-0.25, -0.2) is 0 Å². The predicted octanol–water partition coefficient (Wildman–Crippen LogP) is 4.49. The summed E-state index contributed by atoms with van der Waals surface area (Å²) in [5, 5.41) is 5.00. The SMILES string of the molecule is CCc1cccc(C)c1NC(=O)c1csc(C)c1C. The third-order valence-corrected chi connectivity index (χ3v) is 4.52. The third-order valence-electron chi connectivity index (χ3n) is 3.51. The van der Waals surface area contributed by atoms with Gasteiger partial charge in [-0.2, -0.15) is 0 Å². The Kier molecular flexibility index (Phi) is 4.05. The van der Waals surface area contributed by atoms with Crippen molar-refractivity contribution in [2.75, 3.05) is 5.32 Å². The second-order valence-corrected chi connectivity index (χ2v) is 5.83. The van der Waals surface area contributed by atoms with Gasteiger partial charge in [-0.1, -0.05) is 25.1 Å². The molecule has 100 valence electrons. The fourth-order valence-electron chi connectivity index (χ4n) is 2.12. The maximum absolute atomic E-state index is 12.4. The summed E-state index contributed by atoms with van der Waals surface area (Å²) in [4.78, 5) is 13.6. The van der Waals surface area contributed by atoms with E-state index in [4.69, 9.17) is 0 Å². The molecule has 0 atom stereocenters. The quantitative estimate of drug-likeness (QED) is 0.877. The molecule has 1 amide bonds. The van der Waals surface area contributed by atoms with Crippen LogP contribution in [0.2, 0.25) is 0 Å². The van der Waals surface area contributed by atoms with E-state index in [-0.39, 0.29) is 5.91 Å². The molecule has 1 N–H and O–H groups in total. The van der Waals surface area contributed by atoms with Crippen molar-refractivity contribution in [1.82, 2.24) is 0 Å². The number of para-hydroxylation sites is 1. The van der Waals surface area contributed by atoms with Crippen molar-refractivity contribution in [2.24, 2.45) is 0 Å². The van der Waals surface area contributed by atoms with E-state index in [9.17, 15) is 4.79 Å². The molecule has 0 aliphatic rings. The highest BCUT2D eigenvalue weighted by atomic mass is 32.1. The summed E-state index contributed by atoms with van der Waals surface area (Å²) in [7, 11) is 0. The molecule has 0 aliphatic heterocycles. The third kappa shape index (κ3) is 2.71. The Labute approximate surface area is 118 Å². The van der Waals surface area contributed by atoms with Gasteiger partial charge in [-0.15, -0.1) is 11.3 Å². The molecule has 2 rings (SSSR count). The first-order valence-electron chi connectivity index (χ1n) is 6.49. The Morgan fingerprint density at radius 2 is 2.00 bits per heavy atom. The van der Waals surface area contributed by atoms with E-state index in [1.807, 2.05) is 38.3 Å². The number of rotatable bonds is 3. The van der Waals surface area contributed by atoms with Crippen LogP contribution >= 0.6 is 11.3 Å². The molecule has 2 aromatic rings. The molecular formula is C16H19NOS. The molecule has 0 saturated heterocycles. The van der Waals surface area contributed by atoms with E-state index in [1.165, 1.54) is 10.4 Å². The molecule has 0 bridgehead atoms. The van der Waals surface area contributed by atoms with Crippen LogP contribution in [0.25, 0.3) is 0 Å². The van der Waals surface area contributed by atoms with Gasteiger partial charge in [0, 0.05) is 15.9 Å². The second-order valence-electron chi connectivity index (χ2n) is 4.75. The molecule has 0 fully saturated rings. The fourth-order valence-corrected chi connectivity index (χ4v) is 2.99. The number of anilines is 1. The van der Waals surface area contributed by atoms with Gasteiger partial charge in [-0.3, -0.25) is 4.79 Å². The number of carbonyl (C=O) groups is 1. The van der Waals surface area contributed by atoms with Gasteiger partial charge < -0.3 is 5.32 Å². The van der Waals surface area contributed by atoms with Crippen LogP contribution in [-0.4, -0.2) is 5.91 Å². The topological polar surface area (TPSA) is 29.1 Å². The molecule has 0 unspecified atom stereocenters. The molecule has 1 aromatic carbocycles. The average Bonchev–Trinajstić information content (AvgIpc) is 2.72. The lowest BCUT2D eigenvalue weighted by molar-refractivity contribution is 0.102. The highest BCUT2D eigenvalue weighted by Crippen LogP contribution is 2.25. The lowest BCUT2D eigenvalue weighted by Crippen LogP contribution is -2.14. The Hall–Kier alpha value is -1.61. The Balaban J connectivity index is 2.32. The maximum atomic E-state index is 12.4. The number of hydrogen-bond donors (Lipinski definition) is 1. The molecular weight excluding hydrogens is 254 g/mol. The van der Waals surface area contributed by atoms with E-state index in [0.29, 0.717) is 0 Å². The normalized spacial score (nSPS) is 10.5. The smallest absolute Gasteiger partial charge is 0.256 e. The minimum atomic E-state index is -0.00847. The zero-order valence-corrected chi connectivity index (χ0v) is 12.6. The van der Waals surface area contributed by atoms with Crippen molar-refractivity contribution in [3.8, 4) is 0 Å². The van der Waals surface area contributed by atoms with E-state index < -0.39 is 0 Å². The van der Waals surface area contributed by atoms with Gasteiger partial charge in [0.05, 0.1) is 5.56 Å². The van der Waals surface area contributed by atoms with Crippen molar-refractivity contribution in [2.45, 2.75) is 34.1 Å². The molecule has 0 saturated carbocycles. The minimum absolute atomic E-state index is 0.00847. The Morgan fingerprint density at radius 1 is 1.26 bits per heavy atom. The molecule has 0 aliphatic carbocycles. The van der Waals surface area contributed by atoms with Gasteiger partial charge in [0.1, 0.15) is 0 Å². The number of hydrogen-bond acceptors (Lipinski definition) is 2. The number of amides is 1. The van der Waals surface area contributed by atoms with Crippen molar-refractivity contribution >= 4 is 22.9 Å². The molecule has 1 heterocycles. The van der Waals surface area contributed by atoms with Crippen molar-refractivity contribution < 1.29 is 4.79 Å². The van der Waals surface area contributed by atoms with Crippen LogP contribution in [0.15, 0.2) is 23.6 Å². The Bertz CT molecular complexity index is 613. The first kappa shape index (κ1) is 13.8. The number of benzene rings is 1. The fraction of sp³-hybridized carbons (Fsp3) is 0.312. The lowest BCUT2D eigenvalue weighted by atomic mass is 10.1. The summed E-state index contributed by atoms with van der Waals surface area (Å²) < 4.78 is 0. The van der Waals surface area contributed by atoms with E-state index in [1.54, 1.807) is 11.3 Å². The van der Waals surface area contributed by atoms with Crippen molar-refractivity contribution in [3.05, 3.63) is 50.7 Å². The van der Waals surface area contributed by atoms with Gasteiger partial charge >= 0.3 is 0 Å². The summed E-state index contributed by atoms with van der Waals surface area (Å²) >= 11 is 1.62. The summed E-state index contributed by atoms with van der Waals surface area (Å²) in [6.07, 6.45) is 0.916. The van der Waals surface area contributed by atoms with Gasteiger partial charge in [0.15, 0.2) is 0 Å². The van der Waals surface area contributed by atoms with Gasteiger partial charge in [0.25, 0.3) is 5.91 Å². The molecule has 0 radical (unpaired) electrons. The van der Waals surface area contributed by atoms with Crippen LogP contribution in [0, 0.1) is 20.8 Å². The van der Waals surface area contributed by atoms with Crippen LogP contribution in [-0.2, 0) is 6.42 Å². The molecule has 19 heavy (non-hydrogen) atoms. The monoisotopic (exact) mass is 273 g/mol. The van der Waals surface area contributed by atoms with Crippen LogP contribution in [0.4, 0.5) is 5.69 Å². The summed E-state index contributed by atoms with van der Waals surface area (Å²) in [6.45, 7) is 8.17. The standard InChI is InChI=1S/C16H19NOS/c1-5-13-8-6-7-10(2)15(13)17-16(18)14-9-19-12(4)11(14)3/h6-9H,5H2,1-4H3,(H,17,18). The second kappa shape index (κ2) is 5.57. The summed E-state index contributed by atoms with van der Waals surface area (Å²) in [6, 6.07) is 6.12. The highest BCUT2D eigenvalue weighted by molar-refractivity contribution is 7.10. The minimum Gasteiger partial charge on any atom is -0.321 e. The van der Waals surface area contributed by atoms with Gasteiger partial charge in [0.2, 0.25) is 0 Å². The van der Waals surface area contributed by atoms with Crippen LogP contribution in [0.5, 0.6) is 0 Å². The van der Waals surface area contributed by atoms with Crippen LogP contribution in [0.1, 0.15) is 38.8 Å². The number of aryl methyl sites for hydroxylation is 3. The van der Waals surface area contributed by atoms with E-state index in [0.717, 1.165) is 28.8 Å². The number of thiophene rings is 1. The summed E-state index contributed by atoms with van der Waals surface area (Å²) in [5.41, 5.74) is 5.11. The van der Waals surface area contributed by atoms with E-state index >= 15 is 0 Å². The van der Waals surface area contributed by atoms with Crippen LogP contribution in [0.3, 0.4) is 0 Å². The number of carbonyl (C=O) groups excluding carboxylic acids is 1. The zero-order chi connectivity index (χ0) is 14.0. The molecule has 2 nitrogen and oxygen atoms in total. The zero-order valence-electron chi connectivity index (χ0n) is 11.8. The number of nitrogens with one attached hydrogen (secondary N) is 1. The van der Waals surface area contributed by atoms with Crippen LogP contribution < -0.4 is 5.32 Å². The average molecular weight is 273 g/mol. The summed E-state index contributed by atoms with van der Waals surface area (Å²) in [5.74, 6) is -0.00847. The first-order valence-corrected chi connectivity index (χ1v) is 7.37. The van der Waals surface area contributed by atoms with Gasteiger partial charge in [-0.05, 0) is 43.9 Å². The molecule has 1 aromatic heterocycles. The maximum Gasteiger partial charge on any atom is 0.256 e. The Morgan fingerprint density at radius 3 is 2.58 bits per heavy atom. The van der Waals surface area contributed by atoms with Crippen molar-refractivity contribution in [3.63, 3.8) is 0 Å². The van der Waals surface area contributed by atoms with Crippen molar-refractivity contribution in [1.29, 1.82) is 0 Å². The molecule has 3 heteroatoms. The first-order chi connectivity index (χ1) is 9.04. The lowest BCUT2D eigenvalue weighted by Gasteiger charge is -2.12. The highest BCUT2D eigenvalue weighted by Gasteiger charge is 2.14. The van der Waals surface area contributed by atoms with E-state index in [2.05, 4.69) is 18.3 Å². The largest absolute Gasteiger partial charge is 0.321 e.